The van der Waals surface area contributed by atoms with E-state index in [4.69, 9.17) is 0 Å². The van der Waals surface area contributed by atoms with Crippen LogP contribution in [-0.2, 0) is 35.5 Å². The van der Waals surface area contributed by atoms with Gasteiger partial charge in [0, 0.05) is 98.7 Å². The Morgan fingerprint density at radius 2 is 0.931 bits per heavy atom. The second kappa shape index (κ2) is 23.2. The maximum Gasteiger partial charge on any atom is 0.258 e. The minimum Gasteiger partial charge on any atom is -0.396 e. The van der Waals surface area contributed by atoms with Crippen LogP contribution in [0.4, 0.5) is 0 Å². The van der Waals surface area contributed by atoms with Crippen molar-refractivity contribution in [3.63, 3.8) is 0 Å². The summed E-state index contributed by atoms with van der Waals surface area (Å²) in [6, 6.07) is 28.5. The molecule has 2 N–H and O–H groups in total. The summed E-state index contributed by atoms with van der Waals surface area (Å²) in [7, 11) is 0. The number of pyridine rings is 2. The third-order valence-corrected chi connectivity index (χ3v) is 17.2. The zero-order valence-corrected chi connectivity index (χ0v) is 43.1. The summed E-state index contributed by atoms with van der Waals surface area (Å²) in [5.74, 6) is 1.33. The molecular formula is C60H78N6O6. The third-order valence-electron chi connectivity index (χ3n) is 17.2. The van der Waals surface area contributed by atoms with E-state index in [2.05, 4.69) is 96.4 Å². The zero-order chi connectivity index (χ0) is 50.5. The Labute approximate surface area is 426 Å². The molecule has 4 fully saturated rings. The standard InChI is InChI=1S/2C30H39N3O3/c2*1-3-8-23-11-12-26-27-24(19-33(26)29(23)35)25(20-34)28(32(27)15-4-2)30(36)31-16-13-22(14-17-31)18-21-9-6-5-7-10-21/h2*3,5-12,22,24-25,27-28,34H,4,13-20H2,1-2H3/b8-3+;8-3-/t2*24-,25-,27+,28-/m00/s1. The van der Waals surface area contributed by atoms with E-state index in [0.717, 1.165) is 102 Å². The lowest BCUT2D eigenvalue weighted by Crippen LogP contribution is -2.52. The van der Waals surface area contributed by atoms with Gasteiger partial charge in [-0.15, -0.1) is 0 Å². The van der Waals surface area contributed by atoms with Crippen LogP contribution in [0.2, 0.25) is 0 Å². The molecule has 0 spiro atoms. The summed E-state index contributed by atoms with van der Waals surface area (Å²) in [4.78, 5) is 62.9. The minimum absolute atomic E-state index is 0.000902. The van der Waals surface area contributed by atoms with Crippen LogP contribution in [0.5, 0.6) is 0 Å². The molecule has 12 heteroatoms. The quantitative estimate of drug-likeness (QED) is 0.133. The average Bonchev–Trinajstić information content (AvgIpc) is 4.14. The first-order chi connectivity index (χ1) is 35.1. The Hall–Kier alpha value is -5.40. The average molecular weight is 979 g/mol. The van der Waals surface area contributed by atoms with Crippen molar-refractivity contribution < 1.29 is 19.8 Å². The second-order valence-corrected chi connectivity index (χ2v) is 21.5. The molecule has 0 unspecified atom stereocenters. The number of aliphatic hydroxyl groups excluding tert-OH is 2. The van der Waals surface area contributed by atoms with Gasteiger partial charge in [-0.3, -0.25) is 29.0 Å². The molecule has 10 rings (SSSR count). The molecule has 384 valence electrons. The van der Waals surface area contributed by atoms with Gasteiger partial charge in [-0.25, -0.2) is 0 Å². The van der Waals surface area contributed by atoms with E-state index in [0.29, 0.717) is 36.1 Å². The van der Waals surface area contributed by atoms with Gasteiger partial charge < -0.3 is 29.1 Å². The highest BCUT2D eigenvalue weighted by Crippen LogP contribution is 2.51. The lowest BCUT2D eigenvalue weighted by atomic mass is 9.86. The molecule has 0 bridgehead atoms. The van der Waals surface area contributed by atoms with Crippen molar-refractivity contribution in [3.8, 4) is 0 Å². The summed E-state index contributed by atoms with van der Waals surface area (Å²) in [5, 5.41) is 21.0. The first kappa shape index (κ1) is 51.5. The number of piperidine rings is 2. The molecule has 4 saturated heterocycles. The number of aliphatic hydroxyl groups is 2. The predicted octanol–water partition coefficient (Wildman–Crippen LogP) is 7.47. The van der Waals surface area contributed by atoms with Crippen LogP contribution in [0, 0.1) is 35.5 Å². The van der Waals surface area contributed by atoms with Gasteiger partial charge in [-0.05, 0) is 126 Å². The maximum absolute atomic E-state index is 14.0. The van der Waals surface area contributed by atoms with E-state index >= 15 is 0 Å². The highest BCUT2D eigenvalue weighted by Gasteiger charge is 2.57. The lowest BCUT2D eigenvalue weighted by Gasteiger charge is -2.38. The van der Waals surface area contributed by atoms with E-state index in [1.807, 2.05) is 69.2 Å². The molecule has 8 heterocycles. The van der Waals surface area contributed by atoms with Crippen LogP contribution in [-0.4, -0.2) is 115 Å². The lowest BCUT2D eigenvalue weighted by molar-refractivity contribution is -0.140. The van der Waals surface area contributed by atoms with Gasteiger partial charge in [0.05, 0.1) is 24.2 Å². The number of benzene rings is 2. The molecular weight excluding hydrogens is 901 g/mol. The summed E-state index contributed by atoms with van der Waals surface area (Å²) in [6.07, 6.45) is 15.5. The molecule has 6 aliphatic rings. The maximum atomic E-state index is 14.0. The van der Waals surface area contributed by atoms with Gasteiger partial charge in [-0.1, -0.05) is 98.8 Å². The molecule has 4 aromatic rings. The summed E-state index contributed by atoms with van der Waals surface area (Å²) in [5.41, 5.74) is 6.14. The smallest absolute Gasteiger partial charge is 0.258 e. The number of allylic oxidation sites excluding steroid dienone is 2. The molecule has 0 radical (unpaired) electrons. The predicted molar refractivity (Wildman–Crippen MR) is 285 cm³/mol. The van der Waals surface area contributed by atoms with Crippen LogP contribution in [0.1, 0.15) is 112 Å². The fraction of sp³-hybridized carbons (Fsp3) is 0.533. The van der Waals surface area contributed by atoms with Gasteiger partial charge in [-0.2, -0.15) is 0 Å². The number of fused-ring (bicyclic) bond motifs is 6. The SMILES string of the molecule is C/C=C/c1ccc2n(c1=O)C[C@H]1[C@H](CO)[C@@H](C(=O)N3CCC(Cc4ccccc4)CC3)N(CCC)[C@@H]21.C/C=C\c1ccc2n(c1=O)C[C@H]1[C@H](CO)[C@@H](C(=O)N3CCC(Cc4ccccc4)CC3)N(CCC)[C@@H]21. The van der Waals surface area contributed by atoms with Crippen molar-refractivity contribution in [1.82, 2.24) is 28.7 Å². The van der Waals surface area contributed by atoms with Crippen molar-refractivity contribution in [2.45, 2.75) is 116 Å². The molecule has 0 aliphatic carbocycles. The molecule has 12 nitrogen and oxygen atoms in total. The fourth-order valence-electron chi connectivity index (χ4n) is 13.8. The Kier molecular flexibility index (Phi) is 16.6. The van der Waals surface area contributed by atoms with Gasteiger partial charge in [0.25, 0.3) is 11.1 Å². The largest absolute Gasteiger partial charge is 0.396 e. The van der Waals surface area contributed by atoms with E-state index < -0.39 is 0 Å². The number of likely N-dealkylation sites (tertiary alicyclic amines) is 4. The number of hydrogen-bond donors (Lipinski definition) is 2. The fourth-order valence-corrected chi connectivity index (χ4v) is 13.8. The number of carbonyl (C=O) groups is 2. The van der Waals surface area contributed by atoms with Crippen molar-refractivity contribution in [1.29, 1.82) is 0 Å². The molecule has 6 aliphatic heterocycles. The van der Waals surface area contributed by atoms with Crippen LogP contribution >= 0.6 is 0 Å². The van der Waals surface area contributed by atoms with Gasteiger partial charge in [0.15, 0.2) is 0 Å². The summed E-state index contributed by atoms with van der Waals surface area (Å²) in [6.45, 7) is 13.8. The molecule has 2 amide bonds. The Balaban J connectivity index is 0.000000178. The van der Waals surface area contributed by atoms with Crippen molar-refractivity contribution in [2.24, 2.45) is 35.5 Å². The monoisotopic (exact) mass is 979 g/mol. The van der Waals surface area contributed by atoms with Crippen LogP contribution in [0.15, 0.2) is 107 Å². The van der Waals surface area contributed by atoms with E-state index in [-0.39, 0.29) is 84.0 Å². The van der Waals surface area contributed by atoms with Crippen LogP contribution in [0.25, 0.3) is 12.2 Å². The van der Waals surface area contributed by atoms with Gasteiger partial charge >= 0.3 is 0 Å². The Morgan fingerprint density at radius 3 is 1.26 bits per heavy atom. The number of carbonyl (C=O) groups excluding carboxylic acids is 2. The van der Waals surface area contributed by atoms with Crippen molar-refractivity contribution >= 4 is 24.0 Å². The van der Waals surface area contributed by atoms with Gasteiger partial charge in [0.2, 0.25) is 11.8 Å². The third kappa shape index (κ3) is 10.1. The van der Waals surface area contributed by atoms with Crippen molar-refractivity contribution in [2.75, 3.05) is 52.5 Å². The summed E-state index contributed by atoms with van der Waals surface area (Å²) < 4.78 is 3.76. The van der Waals surface area contributed by atoms with Crippen LogP contribution < -0.4 is 11.1 Å². The van der Waals surface area contributed by atoms with Gasteiger partial charge in [0.1, 0.15) is 0 Å². The molecule has 0 saturated carbocycles. The number of amides is 2. The van der Waals surface area contributed by atoms with E-state index in [9.17, 15) is 29.4 Å². The highest BCUT2D eigenvalue weighted by atomic mass is 16.3. The first-order valence-electron chi connectivity index (χ1n) is 27.3. The van der Waals surface area contributed by atoms with E-state index in [1.54, 1.807) is 0 Å². The number of aromatic nitrogens is 2. The first-order valence-corrected chi connectivity index (χ1v) is 27.3. The topological polar surface area (TPSA) is 132 Å². The Morgan fingerprint density at radius 1 is 0.556 bits per heavy atom. The van der Waals surface area contributed by atoms with E-state index in [1.165, 1.54) is 11.1 Å². The Bertz CT molecular complexity index is 2480. The summed E-state index contributed by atoms with van der Waals surface area (Å²) >= 11 is 0. The highest BCUT2D eigenvalue weighted by molar-refractivity contribution is 5.84. The molecule has 8 atom stereocenters. The molecule has 2 aromatic heterocycles. The van der Waals surface area contributed by atoms with Crippen LogP contribution in [0.3, 0.4) is 0 Å². The number of nitrogens with zero attached hydrogens (tertiary/aromatic N) is 6. The molecule has 2 aromatic carbocycles. The number of rotatable bonds is 14. The second-order valence-electron chi connectivity index (χ2n) is 21.5. The number of hydrogen-bond acceptors (Lipinski definition) is 8. The van der Waals surface area contributed by atoms with Crippen molar-refractivity contribution in [3.05, 3.63) is 151 Å². The normalized spacial score (nSPS) is 26.5. The minimum atomic E-state index is -0.324. The molecule has 72 heavy (non-hydrogen) atoms. The zero-order valence-electron chi connectivity index (χ0n) is 43.1.